The first-order valence-electron chi connectivity index (χ1n) is 8.64. The maximum atomic E-state index is 9.03. The largest absolute Gasteiger partial charge is 0.490 e. The molecule has 5 nitrogen and oxygen atoms in total. The Labute approximate surface area is 152 Å². The first-order valence-corrected chi connectivity index (χ1v) is 8.64. The van der Waals surface area contributed by atoms with Gasteiger partial charge < -0.3 is 14.9 Å². The molecular weight excluding hydrogens is 326 g/mol. The summed E-state index contributed by atoms with van der Waals surface area (Å²) in [4.78, 5) is 4.66. The molecular formula is C21H19N3O2. The third-order valence-corrected chi connectivity index (χ3v) is 4.67. The van der Waals surface area contributed by atoms with Crippen LogP contribution in [0.1, 0.15) is 29.0 Å². The van der Waals surface area contributed by atoms with E-state index in [0.717, 1.165) is 46.9 Å². The molecule has 0 bridgehead atoms. The Bertz CT molecular complexity index is 983. The van der Waals surface area contributed by atoms with E-state index in [1.54, 1.807) is 6.07 Å². The number of ether oxygens (including phenoxy) is 1. The molecule has 1 heterocycles. The first kappa shape index (κ1) is 16.2. The van der Waals surface area contributed by atoms with Crippen molar-refractivity contribution in [3.63, 3.8) is 0 Å². The van der Waals surface area contributed by atoms with E-state index in [1.165, 1.54) is 0 Å². The van der Waals surface area contributed by atoms with Gasteiger partial charge in [0.05, 0.1) is 17.3 Å². The standard InChI is InChI=1S/C21H19N3O2/c1-13-10-17(7-4-15(13)12-22)25-18-8-9-20-19(11-18)24-21(26-20)14-2-5-16(23)6-3-14/h2-7,10,18H,8-9,11,23H2,1H3/t18-/m1/s1. The van der Waals surface area contributed by atoms with Gasteiger partial charge in [0.2, 0.25) is 5.89 Å². The zero-order valence-electron chi connectivity index (χ0n) is 14.5. The van der Waals surface area contributed by atoms with Crippen molar-refractivity contribution in [2.45, 2.75) is 32.3 Å². The van der Waals surface area contributed by atoms with Crippen LogP contribution in [0.3, 0.4) is 0 Å². The maximum absolute atomic E-state index is 9.03. The Morgan fingerprint density at radius 3 is 2.77 bits per heavy atom. The highest BCUT2D eigenvalue weighted by Crippen LogP contribution is 2.30. The number of aromatic nitrogens is 1. The van der Waals surface area contributed by atoms with E-state index in [0.29, 0.717) is 17.9 Å². The van der Waals surface area contributed by atoms with Crippen molar-refractivity contribution >= 4 is 5.69 Å². The number of aryl methyl sites for hydroxylation is 2. The van der Waals surface area contributed by atoms with Gasteiger partial charge in [-0.15, -0.1) is 0 Å². The minimum absolute atomic E-state index is 0.0548. The van der Waals surface area contributed by atoms with Gasteiger partial charge in [0.15, 0.2) is 0 Å². The van der Waals surface area contributed by atoms with Crippen LogP contribution >= 0.6 is 0 Å². The molecule has 130 valence electrons. The van der Waals surface area contributed by atoms with Crippen LogP contribution in [-0.4, -0.2) is 11.1 Å². The number of benzene rings is 2. The van der Waals surface area contributed by atoms with E-state index in [1.807, 2.05) is 43.3 Å². The van der Waals surface area contributed by atoms with Gasteiger partial charge in [-0.3, -0.25) is 0 Å². The Morgan fingerprint density at radius 1 is 1.23 bits per heavy atom. The molecule has 0 spiro atoms. The van der Waals surface area contributed by atoms with Gasteiger partial charge in [-0.25, -0.2) is 4.98 Å². The Hall–Kier alpha value is -3.26. The van der Waals surface area contributed by atoms with Crippen LogP contribution in [-0.2, 0) is 12.8 Å². The molecule has 0 aliphatic heterocycles. The summed E-state index contributed by atoms with van der Waals surface area (Å²) < 4.78 is 12.1. The quantitative estimate of drug-likeness (QED) is 0.724. The summed E-state index contributed by atoms with van der Waals surface area (Å²) in [5, 5.41) is 9.03. The van der Waals surface area contributed by atoms with Gasteiger partial charge in [-0.1, -0.05) is 0 Å². The van der Waals surface area contributed by atoms with Crippen LogP contribution in [0.15, 0.2) is 46.9 Å². The predicted molar refractivity (Wildman–Crippen MR) is 98.7 cm³/mol. The van der Waals surface area contributed by atoms with Crippen molar-refractivity contribution in [1.82, 2.24) is 4.98 Å². The Kier molecular flexibility index (Phi) is 4.10. The highest BCUT2D eigenvalue weighted by Gasteiger charge is 2.25. The lowest BCUT2D eigenvalue weighted by atomic mass is 9.99. The molecule has 0 amide bonds. The number of hydrogen-bond acceptors (Lipinski definition) is 5. The molecule has 0 saturated carbocycles. The minimum Gasteiger partial charge on any atom is -0.490 e. The molecule has 0 saturated heterocycles. The van der Waals surface area contributed by atoms with Crippen molar-refractivity contribution in [1.29, 1.82) is 5.26 Å². The number of rotatable bonds is 3. The second-order valence-electron chi connectivity index (χ2n) is 6.58. The van der Waals surface area contributed by atoms with E-state index in [4.69, 9.17) is 20.1 Å². The summed E-state index contributed by atoms with van der Waals surface area (Å²) in [5.74, 6) is 2.36. The number of nitriles is 1. The van der Waals surface area contributed by atoms with E-state index in [2.05, 4.69) is 11.1 Å². The Balaban J connectivity index is 1.50. The molecule has 1 aliphatic rings. The third kappa shape index (κ3) is 3.14. The van der Waals surface area contributed by atoms with Crippen LogP contribution in [0, 0.1) is 18.3 Å². The average Bonchev–Trinajstić information content (AvgIpc) is 3.06. The number of nitrogen functional groups attached to an aromatic ring is 1. The van der Waals surface area contributed by atoms with E-state index < -0.39 is 0 Å². The molecule has 0 radical (unpaired) electrons. The summed E-state index contributed by atoms with van der Waals surface area (Å²) in [7, 11) is 0. The second kappa shape index (κ2) is 6.57. The van der Waals surface area contributed by atoms with Crippen LogP contribution in [0.5, 0.6) is 5.75 Å². The summed E-state index contributed by atoms with van der Waals surface area (Å²) in [5.41, 5.74) is 9.94. The van der Waals surface area contributed by atoms with Crippen LogP contribution < -0.4 is 10.5 Å². The number of nitrogens with zero attached hydrogens (tertiary/aromatic N) is 2. The molecule has 2 aromatic carbocycles. The zero-order valence-corrected chi connectivity index (χ0v) is 14.5. The van der Waals surface area contributed by atoms with Gasteiger partial charge in [0.25, 0.3) is 0 Å². The molecule has 4 rings (SSSR count). The lowest BCUT2D eigenvalue weighted by Crippen LogP contribution is -2.25. The molecule has 1 atom stereocenters. The monoisotopic (exact) mass is 345 g/mol. The van der Waals surface area contributed by atoms with Crippen LogP contribution in [0.4, 0.5) is 5.69 Å². The number of oxazole rings is 1. The lowest BCUT2D eigenvalue weighted by Gasteiger charge is -2.22. The molecule has 2 N–H and O–H groups in total. The van der Waals surface area contributed by atoms with Gasteiger partial charge in [-0.05, 0) is 61.4 Å². The SMILES string of the molecule is Cc1cc(O[C@@H]2CCc3oc(-c4ccc(N)cc4)nc3C2)ccc1C#N. The van der Waals surface area contributed by atoms with Crippen LogP contribution in [0.2, 0.25) is 0 Å². The van der Waals surface area contributed by atoms with Crippen molar-refractivity contribution in [3.05, 3.63) is 65.0 Å². The number of nitrogens with two attached hydrogens (primary N) is 1. The smallest absolute Gasteiger partial charge is 0.226 e. The highest BCUT2D eigenvalue weighted by molar-refractivity contribution is 5.57. The van der Waals surface area contributed by atoms with E-state index in [9.17, 15) is 0 Å². The van der Waals surface area contributed by atoms with Gasteiger partial charge in [0.1, 0.15) is 17.6 Å². The summed E-state index contributed by atoms with van der Waals surface area (Å²) in [6, 6.07) is 15.3. The van der Waals surface area contributed by atoms with E-state index >= 15 is 0 Å². The molecule has 5 heteroatoms. The first-order chi connectivity index (χ1) is 12.6. The van der Waals surface area contributed by atoms with Crippen molar-refractivity contribution < 1.29 is 9.15 Å². The maximum Gasteiger partial charge on any atom is 0.226 e. The fraction of sp³-hybridized carbons (Fsp3) is 0.238. The summed E-state index contributed by atoms with van der Waals surface area (Å²) in [6.07, 6.45) is 2.45. The molecule has 0 fully saturated rings. The van der Waals surface area contributed by atoms with Gasteiger partial charge in [-0.2, -0.15) is 5.26 Å². The zero-order chi connectivity index (χ0) is 18.1. The van der Waals surface area contributed by atoms with E-state index in [-0.39, 0.29) is 6.10 Å². The molecule has 3 aromatic rings. The summed E-state index contributed by atoms with van der Waals surface area (Å²) in [6.45, 7) is 1.92. The topological polar surface area (TPSA) is 85.1 Å². The fourth-order valence-electron chi connectivity index (χ4n) is 3.23. The van der Waals surface area contributed by atoms with Gasteiger partial charge in [0, 0.05) is 24.1 Å². The molecule has 1 aliphatic carbocycles. The highest BCUT2D eigenvalue weighted by atomic mass is 16.5. The van der Waals surface area contributed by atoms with Crippen molar-refractivity contribution in [2.75, 3.05) is 5.73 Å². The average molecular weight is 345 g/mol. The van der Waals surface area contributed by atoms with Gasteiger partial charge >= 0.3 is 0 Å². The number of hydrogen-bond donors (Lipinski definition) is 1. The third-order valence-electron chi connectivity index (χ3n) is 4.67. The lowest BCUT2D eigenvalue weighted by molar-refractivity contribution is 0.179. The molecule has 0 unspecified atom stereocenters. The Morgan fingerprint density at radius 2 is 2.04 bits per heavy atom. The molecule has 1 aromatic heterocycles. The minimum atomic E-state index is 0.0548. The fourth-order valence-corrected chi connectivity index (χ4v) is 3.23. The van der Waals surface area contributed by atoms with Crippen molar-refractivity contribution in [2.24, 2.45) is 0 Å². The number of fused-ring (bicyclic) bond motifs is 1. The van der Waals surface area contributed by atoms with Crippen molar-refractivity contribution in [3.8, 4) is 23.3 Å². The number of anilines is 1. The van der Waals surface area contributed by atoms with Crippen LogP contribution in [0.25, 0.3) is 11.5 Å². The molecule has 26 heavy (non-hydrogen) atoms. The predicted octanol–water partition coefficient (Wildman–Crippen LogP) is 4.04. The normalized spacial score (nSPS) is 15.9. The summed E-state index contributed by atoms with van der Waals surface area (Å²) >= 11 is 0. The second-order valence-corrected chi connectivity index (χ2v) is 6.58.